The number of hydrogen-bond donors (Lipinski definition) is 1. The smallest absolute Gasteiger partial charge is 0.127 e. The largest absolute Gasteiger partial charge is 0.383 e. The number of fused-ring (bicyclic) bond motifs is 1. The normalized spacial score (nSPS) is 11.5. The fourth-order valence-corrected chi connectivity index (χ4v) is 3.22. The van der Waals surface area contributed by atoms with Crippen LogP contribution in [0.15, 0.2) is 24.3 Å². The van der Waals surface area contributed by atoms with E-state index in [1.165, 1.54) is 61.6 Å². The summed E-state index contributed by atoms with van der Waals surface area (Å²) in [6.45, 7) is 3.41. The van der Waals surface area contributed by atoms with E-state index in [0.29, 0.717) is 5.82 Å². The first-order chi connectivity index (χ1) is 11.6. The van der Waals surface area contributed by atoms with Crippen molar-refractivity contribution in [1.82, 2.24) is 9.88 Å². The van der Waals surface area contributed by atoms with Gasteiger partial charge in [-0.25, -0.2) is 4.98 Å². The van der Waals surface area contributed by atoms with Crippen molar-refractivity contribution in [3.63, 3.8) is 0 Å². The molecule has 0 radical (unpaired) electrons. The highest BCUT2D eigenvalue weighted by Crippen LogP contribution is 2.24. The summed E-state index contributed by atoms with van der Waals surface area (Å²) in [7, 11) is 4.28. The van der Waals surface area contributed by atoms with Gasteiger partial charge in [0.25, 0.3) is 0 Å². The first-order valence-electron chi connectivity index (χ1n) is 9.43. The summed E-state index contributed by atoms with van der Waals surface area (Å²) in [6, 6.07) is 8.74. The van der Waals surface area contributed by atoms with Crippen LogP contribution in [-0.4, -0.2) is 30.5 Å². The van der Waals surface area contributed by atoms with Gasteiger partial charge in [-0.2, -0.15) is 0 Å². The molecule has 3 nitrogen and oxygen atoms in total. The van der Waals surface area contributed by atoms with Crippen molar-refractivity contribution in [2.45, 2.75) is 58.3 Å². The van der Waals surface area contributed by atoms with Crippen LogP contribution < -0.4 is 5.73 Å². The van der Waals surface area contributed by atoms with Crippen LogP contribution in [0.2, 0.25) is 0 Å². The number of nitrogens with two attached hydrogens (primary N) is 1. The van der Waals surface area contributed by atoms with Crippen LogP contribution in [0.5, 0.6) is 0 Å². The predicted molar refractivity (Wildman–Crippen MR) is 105 cm³/mol. The Morgan fingerprint density at radius 2 is 1.71 bits per heavy atom. The zero-order chi connectivity index (χ0) is 17.4. The first kappa shape index (κ1) is 18.7. The number of pyridine rings is 1. The van der Waals surface area contributed by atoms with Gasteiger partial charge in [0.05, 0.1) is 5.52 Å². The average Bonchev–Trinajstić information content (AvgIpc) is 2.55. The predicted octanol–water partition coefficient (Wildman–Crippen LogP) is 4.82. The van der Waals surface area contributed by atoms with E-state index in [2.05, 4.69) is 55.2 Å². The van der Waals surface area contributed by atoms with Gasteiger partial charge in [-0.1, -0.05) is 38.3 Å². The lowest BCUT2D eigenvalue weighted by atomic mass is 9.99. The number of unbranched alkanes of at least 4 members (excludes halogenated alkanes) is 4. The molecule has 2 aromatic rings. The quantitative estimate of drug-likeness (QED) is 0.636. The van der Waals surface area contributed by atoms with Crippen LogP contribution in [0.25, 0.3) is 10.9 Å². The molecule has 0 unspecified atom stereocenters. The number of aromatic nitrogens is 1. The molecule has 0 saturated heterocycles. The molecule has 0 spiro atoms. The van der Waals surface area contributed by atoms with Crippen LogP contribution in [0, 0.1) is 0 Å². The molecule has 0 saturated carbocycles. The third kappa shape index (κ3) is 5.48. The lowest BCUT2D eigenvalue weighted by Crippen LogP contribution is -2.12. The molecule has 1 aromatic carbocycles. The molecule has 0 aliphatic heterocycles. The van der Waals surface area contributed by atoms with E-state index < -0.39 is 0 Å². The molecule has 0 aliphatic carbocycles. The minimum absolute atomic E-state index is 0.710. The van der Waals surface area contributed by atoms with Crippen LogP contribution in [0.3, 0.4) is 0 Å². The maximum absolute atomic E-state index is 6.17. The topological polar surface area (TPSA) is 42.2 Å². The molecule has 0 aliphatic rings. The number of nitrogen functional groups attached to an aromatic ring is 1. The Labute approximate surface area is 147 Å². The molecule has 2 N–H and O–H groups in total. The molecule has 3 heteroatoms. The summed E-state index contributed by atoms with van der Waals surface area (Å²) in [5.74, 6) is 0.710. The second kappa shape index (κ2) is 9.63. The number of anilines is 1. The zero-order valence-electron chi connectivity index (χ0n) is 15.6. The van der Waals surface area contributed by atoms with Crippen LogP contribution >= 0.6 is 0 Å². The van der Waals surface area contributed by atoms with Crippen LogP contribution in [0.1, 0.15) is 56.6 Å². The van der Waals surface area contributed by atoms with Crippen LogP contribution in [0.4, 0.5) is 5.82 Å². The number of rotatable bonds is 10. The third-order valence-corrected chi connectivity index (χ3v) is 4.66. The number of hydrogen-bond acceptors (Lipinski definition) is 3. The molecular formula is C21H33N3. The second-order valence-corrected chi connectivity index (χ2v) is 7.09. The monoisotopic (exact) mass is 327 g/mol. The molecule has 24 heavy (non-hydrogen) atoms. The van der Waals surface area contributed by atoms with Gasteiger partial charge >= 0.3 is 0 Å². The van der Waals surface area contributed by atoms with Crippen molar-refractivity contribution in [2.24, 2.45) is 0 Å². The van der Waals surface area contributed by atoms with Gasteiger partial charge in [-0.05, 0) is 76.0 Å². The van der Waals surface area contributed by atoms with E-state index in [4.69, 9.17) is 5.73 Å². The molecule has 0 fully saturated rings. The molecule has 0 atom stereocenters. The average molecular weight is 328 g/mol. The third-order valence-electron chi connectivity index (χ3n) is 4.66. The maximum atomic E-state index is 6.17. The van der Waals surface area contributed by atoms with Gasteiger partial charge in [0, 0.05) is 5.39 Å². The Kier molecular flexibility index (Phi) is 7.51. The van der Waals surface area contributed by atoms with Gasteiger partial charge in [0.15, 0.2) is 0 Å². The summed E-state index contributed by atoms with van der Waals surface area (Å²) >= 11 is 0. The Hall–Kier alpha value is -1.61. The molecule has 132 valence electrons. The second-order valence-electron chi connectivity index (χ2n) is 7.09. The van der Waals surface area contributed by atoms with Gasteiger partial charge in [-0.3, -0.25) is 0 Å². The lowest BCUT2D eigenvalue weighted by Gasteiger charge is -2.11. The Balaban J connectivity index is 2.07. The zero-order valence-corrected chi connectivity index (χ0v) is 15.6. The van der Waals surface area contributed by atoms with E-state index in [9.17, 15) is 0 Å². The highest BCUT2D eigenvalue weighted by atomic mass is 15.0. The lowest BCUT2D eigenvalue weighted by molar-refractivity contribution is 0.392. The highest BCUT2D eigenvalue weighted by molar-refractivity contribution is 5.84. The summed E-state index contributed by atoms with van der Waals surface area (Å²) in [5, 5.41) is 1.30. The Bertz CT molecular complexity index is 634. The Morgan fingerprint density at radius 1 is 0.958 bits per heavy atom. The van der Waals surface area contributed by atoms with Crippen molar-refractivity contribution >= 4 is 16.7 Å². The summed E-state index contributed by atoms with van der Waals surface area (Å²) in [6.07, 6.45) is 9.64. The Morgan fingerprint density at radius 3 is 2.46 bits per heavy atom. The van der Waals surface area contributed by atoms with Gasteiger partial charge in [-0.15, -0.1) is 0 Å². The van der Waals surface area contributed by atoms with Gasteiger partial charge in [0.2, 0.25) is 0 Å². The number of benzene rings is 1. The standard InChI is InChI=1S/C21H33N3/c1-4-5-7-12-18-16-19-17(11-8-6-9-15-24(2)3)13-10-14-20(19)23-21(18)22/h10,13-14,16H,4-9,11-12,15H2,1-3H3,(H2,22,23). The minimum Gasteiger partial charge on any atom is -0.383 e. The molecule has 1 aromatic heterocycles. The molecule has 0 amide bonds. The van der Waals surface area contributed by atoms with E-state index in [-0.39, 0.29) is 0 Å². The molecular weight excluding hydrogens is 294 g/mol. The summed E-state index contributed by atoms with van der Waals surface area (Å²) < 4.78 is 0. The van der Waals surface area contributed by atoms with E-state index in [1.54, 1.807) is 0 Å². The maximum Gasteiger partial charge on any atom is 0.127 e. The van der Waals surface area contributed by atoms with E-state index in [0.717, 1.165) is 18.4 Å². The van der Waals surface area contributed by atoms with Crippen molar-refractivity contribution in [2.75, 3.05) is 26.4 Å². The molecule has 0 bridgehead atoms. The number of nitrogens with zero attached hydrogens (tertiary/aromatic N) is 2. The molecule has 2 rings (SSSR count). The van der Waals surface area contributed by atoms with Gasteiger partial charge in [0.1, 0.15) is 5.82 Å². The van der Waals surface area contributed by atoms with Crippen molar-refractivity contribution in [3.05, 3.63) is 35.4 Å². The van der Waals surface area contributed by atoms with E-state index in [1.807, 2.05) is 0 Å². The van der Waals surface area contributed by atoms with E-state index >= 15 is 0 Å². The highest BCUT2D eigenvalue weighted by Gasteiger charge is 2.07. The summed E-state index contributed by atoms with van der Waals surface area (Å²) in [4.78, 5) is 6.91. The fourth-order valence-electron chi connectivity index (χ4n) is 3.22. The number of aryl methyl sites for hydroxylation is 2. The first-order valence-corrected chi connectivity index (χ1v) is 9.43. The fraction of sp³-hybridized carbons (Fsp3) is 0.571. The minimum atomic E-state index is 0.710. The van der Waals surface area contributed by atoms with Crippen LogP contribution in [-0.2, 0) is 12.8 Å². The van der Waals surface area contributed by atoms with Crippen molar-refractivity contribution in [3.8, 4) is 0 Å². The van der Waals surface area contributed by atoms with Crippen molar-refractivity contribution < 1.29 is 0 Å². The summed E-state index contributed by atoms with van der Waals surface area (Å²) in [5.41, 5.74) is 9.85. The molecule has 1 heterocycles. The van der Waals surface area contributed by atoms with Crippen molar-refractivity contribution in [1.29, 1.82) is 0 Å². The van der Waals surface area contributed by atoms with Gasteiger partial charge < -0.3 is 10.6 Å². The SMILES string of the molecule is CCCCCc1cc2c(CCCCCN(C)C)cccc2nc1N.